The molecule has 0 saturated carbocycles. The van der Waals surface area contributed by atoms with Crippen molar-refractivity contribution in [2.24, 2.45) is 0 Å². The van der Waals surface area contributed by atoms with Crippen LogP contribution in [0.5, 0.6) is 6.01 Å². The number of nitrogens with zero attached hydrogens (tertiary/aromatic N) is 5. The van der Waals surface area contributed by atoms with Gasteiger partial charge >= 0.3 is 6.01 Å². The van der Waals surface area contributed by atoms with Gasteiger partial charge in [-0.05, 0) is 30.3 Å². The summed E-state index contributed by atoms with van der Waals surface area (Å²) in [4.78, 5) is 15.2. The van der Waals surface area contributed by atoms with Crippen molar-refractivity contribution < 1.29 is 4.74 Å². The maximum atomic E-state index is 6.02. The quantitative estimate of drug-likeness (QED) is 0.737. The number of fused-ring (bicyclic) bond motifs is 1. The molecule has 24 heavy (non-hydrogen) atoms. The van der Waals surface area contributed by atoms with E-state index in [9.17, 15) is 0 Å². The predicted octanol–water partition coefficient (Wildman–Crippen LogP) is 2.14. The average Bonchev–Trinajstić information content (AvgIpc) is 2.96. The molecule has 6 heteroatoms. The normalized spacial score (nSPS) is 17.9. The maximum Gasteiger partial charge on any atom is 0.316 e. The monoisotopic (exact) mass is 321 g/mol. The molecule has 1 aliphatic heterocycles. The molecule has 1 atom stereocenters. The van der Waals surface area contributed by atoms with E-state index in [0.29, 0.717) is 6.01 Å². The Labute approximate surface area is 140 Å². The fraction of sp³-hybridized carbons (Fsp3) is 0.278. The second-order valence-electron chi connectivity index (χ2n) is 5.91. The van der Waals surface area contributed by atoms with E-state index in [1.165, 1.54) is 5.69 Å². The average molecular weight is 321 g/mol. The Morgan fingerprint density at radius 1 is 0.958 bits per heavy atom. The highest BCUT2D eigenvalue weighted by Gasteiger charge is 2.23. The lowest BCUT2D eigenvalue weighted by molar-refractivity contribution is 0.114. The standard InChI is InChI=1S/C18H19N5O/c1-2-7-19-15(5-1)11-22-12-16-6-3-10-23(16)14-17(13-22)24-18-20-8-4-9-21-18/h1-10,17H,11-14H2/t17-/m0/s1. The number of hydrogen-bond donors (Lipinski definition) is 0. The molecule has 0 aliphatic carbocycles. The van der Waals surface area contributed by atoms with Crippen molar-refractivity contribution in [2.75, 3.05) is 6.54 Å². The third-order valence-electron chi connectivity index (χ3n) is 4.10. The van der Waals surface area contributed by atoms with Crippen LogP contribution in [0.3, 0.4) is 0 Å². The van der Waals surface area contributed by atoms with E-state index in [-0.39, 0.29) is 6.10 Å². The van der Waals surface area contributed by atoms with Crippen LogP contribution in [0.25, 0.3) is 0 Å². The Balaban J connectivity index is 1.54. The van der Waals surface area contributed by atoms with Crippen LogP contribution in [0.1, 0.15) is 11.4 Å². The summed E-state index contributed by atoms with van der Waals surface area (Å²) in [5.74, 6) is 0. The number of aromatic nitrogens is 4. The highest BCUT2D eigenvalue weighted by molar-refractivity contribution is 5.10. The molecule has 0 aromatic carbocycles. The van der Waals surface area contributed by atoms with Gasteiger partial charge in [0.1, 0.15) is 6.10 Å². The molecule has 0 unspecified atom stereocenters. The van der Waals surface area contributed by atoms with Gasteiger partial charge in [0.15, 0.2) is 0 Å². The van der Waals surface area contributed by atoms with Crippen LogP contribution in [-0.4, -0.2) is 37.1 Å². The first-order valence-corrected chi connectivity index (χ1v) is 8.07. The summed E-state index contributed by atoms with van der Waals surface area (Å²) in [5, 5.41) is 0. The van der Waals surface area contributed by atoms with Gasteiger partial charge in [-0.3, -0.25) is 9.88 Å². The van der Waals surface area contributed by atoms with Crippen LogP contribution < -0.4 is 4.74 Å². The van der Waals surface area contributed by atoms with Gasteiger partial charge in [0, 0.05) is 50.1 Å². The van der Waals surface area contributed by atoms with Crippen molar-refractivity contribution in [2.45, 2.75) is 25.7 Å². The molecule has 0 bridgehead atoms. The largest absolute Gasteiger partial charge is 0.457 e. The van der Waals surface area contributed by atoms with Gasteiger partial charge < -0.3 is 9.30 Å². The van der Waals surface area contributed by atoms with E-state index in [1.807, 2.05) is 18.3 Å². The van der Waals surface area contributed by atoms with Crippen molar-refractivity contribution in [3.8, 4) is 6.01 Å². The maximum absolute atomic E-state index is 6.02. The zero-order valence-electron chi connectivity index (χ0n) is 13.3. The summed E-state index contributed by atoms with van der Waals surface area (Å²) in [7, 11) is 0. The summed E-state index contributed by atoms with van der Waals surface area (Å²) >= 11 is 0. The van der Waals surface area contributed by atoms with Crippen LogP contribution in [0.4, 0.5) is 0 Å². The third kappa shape index (κ3) is 3.44. The second-order valence-corrected chi connectivity index (χ2v) is 5.91. The second kappa shape index (κ2) is 6.80. The van der Waals surface area contributed by atoms with Crippen molar-refractivity contribution in [3.63, 3.8) is 0 Å². The molecule has 4 rings (SSSR count). The minimum Gasteiger partial charge on any atom is -0.457 e. The summed E-state index contributed by atoms with van der Waals surface area (Å²) in [6.45, 7) is 3.26. The fourth-order valence-corrected chi connectivity index (χ4v) is 3.04. The SMILES string of the molecule is c1ccc(CN2Cc3cccn3C[C@@H](Oc3ncccn3)C2)nc1. The Hall–Kier alpha value is -2.73. The molecule has 6 nitrogen and oxygen atoms in total. The highest BCUT2D eigenvalue weighted by Crippen LogP contribution is 2.18. The first-order valence-electron chi connectivity index (χ1n) is 8.07. The lowest BCUT2D eigenvalue weighted by atomic mass is 10.2. The van der Waals surface area contributed by atoms with E-state index in [0.717, 1.165) is 31.9 Å². The highest BCUT2D eigenvalue weighted by atomic mass is 16.5. The Morgan fingerprint density at radius 2 is 1.83 bits per heavy atom. The van der Waals surface area contributed by atoms with E-state index >= 15 is 0 Å². The molecule has 4 heterocycles. The van der Waals surface area contributed by atoms with Gasteiger partial charge in [0.25, 0.3) is 0 Å². The van der Waals surface area contributed by atoms with E-state index in [4.69, 9.17) is 4.74 Å². The smallest absolute Gasteiger partial charge is 0.316 e. The van der Waals surface area contributed by atoms with Crippen LogP contribution in [0, 0.1) is 0 Å². The Morgan fingerprint density at radius 3 is 2.67 bits per heavy atom. The molecule has 0 spiro atoms. The van der Waals surface area contributed by atoms with E-state index < -0.39 is 0 Å². The molecule has 3 aromatic rings. The minimum atomic E-state index is -0.00948. The third-order valence-corrected chi connectivity index (χ3v) is 4.10. The number of pyridine rings is 1. The zero-order chi connectivity index (χ0) is 16.2. The van der Waals surface area contributed by atoms with Crippen molar-refractivity contribution in [1.82, 2.24) is 24.4 Å². The Bertz CT molecular complexity index is 710. The van der Waals surface area contributed by atoms with Gasteiger partial charge in [0.05, 0.1) is 12.2 Å². The molecule has 0 amide bonds. The van der Waals surface area contributed by atoms with Gasteiger partial charge in [-0.2, -0.15) is 0 Å². The molecule has 0 fully saturated rings. The lowest BCUT2D eigenvalue weighted by Crippen LogP contribution is -2.35. The molecule has 0 N–H and O–H groups in total. The topological polar surface area (TPSA) is 56.1 Å². The molecule has 0 saturated heterocycles. The lowest BCUT2D eigenvalue weighted by Gasteiger charge is -2.23. The van der Waals surface area contributed by atoms with Crippen LogP contribution in [0.15, 0.2) is 61.2 Å². The van der Waals surface area contributed by atoms with Crippen LogP contribution in [0.2, 0.25) is 0 Å². The van der Waals surface area contributed by atoms with E-state index in [2.05, 4.69) is 48.8 Å². The van der Waals surface area contributed by atoms with Gasteiger partial charge in [-0.1, -0.05) is 6.07 Å². The first kappa shape index (κ1) is 14.8. The molecule has 0 radical (unpaired) electrons. The summed E-state index contributed by atoms with van der Waals surface area (Å²) in [5.41, 5.74) is 2.35. The summed E-state index contributed by atoms with van der Waals surface area (Å²) in [6.07, 6.45) is 7.32. The Kier molecular flexibility index (Phi) is 4.20. The van der Waals surface area contributed by atoms with Gasteiger partial charge in [0.2, 0.25) is 0 Å². The molecular weight excluding hydrogens is 302 g/mol. The first-order chi connectivity index (χ1) is 11.9. The van der Waals surface area contributed by atoms with Gasteiger partial charge in [-0.15, -0.1) is 0 Å². The van der Waals surface area contributed by atoms with Crippen molar-refractivity contribution >= 4 is 0 Å². The van der Waals surface area contributed by atoms with Crippen molar-refractivity contribution in [3.05, 3.63) is 72.6 Å². The van der Waals surface area contributed by atoms with E-state index in [1.54, 1.807) is 18.5 Å². The minimum absolute atomic E-state index is 0.00948. The molecule has 3 aromatic heterocycles. The summed E-state index contributed by atoms with van der Waals surface area (Å²) < 4.78 is 8.27. The number of rotatable bonds is 4. The van der Waals surface area contributed by atoms with Crippen LogP contribution >= 0.6 is 0 Å². The molecule has 122 valence electrons. The molecular formula is C18H19N5O. The van der Waals surface area contributed by atoms with Crippen LogP contribution in [-0.2, 0) is 19.6 Å². The van der Waals surface area contributed by atoms with Crippen molar-refractivity contribution in [1.29, 1.82) is 0 Å². The van der Waals surface area contributed by atoms with Gasteiger partial charge in [-0.25, -0.2) is 9.97 Å². The number of ether oxygens (including phenoxy) is 1. The number of hydrogen-bond acceptors (Lipinski definition) is 5. The fourth-order valence-electron chi connectivity index (χ4n) is 3.04. The predicted molar refractivity (Wildman–Crippen MR) is 89.2 cm³/mol. The summed E-state index contributed by atoms with van der Waals surface area (Å²) in [6, 6.07) is 12.5. The molecule has 1 aliphatic rings. The zero-order valence-corrected chi connectivity index (χ0v) is 13.3.